The quantitative estimate of drug-likeness (QED) is 0.874. The molecule has 1 amide bonds. The van der Waals surface area contributed by atoms with E-state index in [1.54, 1.807) is 18.2 Å². The number of nitriles is 1. The van der Waals surface area contributed by atoms with Gasteiger partial charge in [-0.15, -0.1) is 0 Å². The van der Waals surface area contributed by atoms with Gasteiger partial charge < -0.3 is 10.6 Å². The number of carbonyl (C=O) groups is 1. The van der Waals surface area contributed by atoms with Gasteiger partial charge >= 0.3 is 0 Å². The number of amides is 1. The van der Waals surface area contributed by atoms with Crippen LogP contribution in [0.25, 0.3) is 0 Å². The Morgan fingerprint density at radius 3 is 3.00 bits per heavy atom. The molecule has 2 N–H and O–H groups in total. The van der Waals surface area contributed by atoms with E-state index < -0.39 is 0 Å². The van der Waals surface area contributed by atoms with Gasteiger partial charge in [-0.2, -0.15) is 5.26 Å². The maximum absolute atomic E-state index is 12.8. The van der Waals surface area contributed by atoms with Crippen LogP contribution in [-0.4, -0.2) is 19.0 Å². The van der Waals surface area contributed by atoms with Crippen LogP contribution in [0.5, 0.6) is 0 Å². The molecule has 5 heteroatoms. The summed E-state index contributed by atoms with van der Waals surface area (Å²) in [5.74, 6) is 0.0196. The fourth-order valence-corrected chi connectivity index (χ4v) is 3.30. The lowest BCUT2D eigenvalue weighted by molar-refractivity contribution is -0.127. The van der Waals surface area contributed by atoms with Crippen LogP contribution in [0.2, 0.25) is 0 Å². The van der Waals surface area contributed by atoms with Gasteiger partial charge in [-0.3, -0.25) is 4.79 Å². The fraction of sp³-hybridized carbons (Fsp3) is 0.500. The number of piperidine rings is 1. The van der Waals surface area contributed by atoms with Crippen LogP contribution in [0.1, 0.15) is 38.2 Å². The molecule has 21 heavy (non-hydrogen) atoms. The number of anilines is 1. The molecule has 1 atom stereocenters. The zero-order valence-electron chi connectivity index (χ0n) is 12.2. The van der Waals surface area contributed by atoms with E-state index in [9.17, 15) is 10.1 Å². The number of nitrogens with one attached hydrogen (secondary N) is 2. The molecule has 1 aliphatic heterocycles. The van der Waals surface area contributed by atoms with Crippen molar-refractivity contribution in [3.63, 3.8) is 0 Å². The molecular formula is C16H20BrN3O. The molecule has 1 aromatic carbocycles. The van der Waals surface area contributed by atoms with Gasteiger partial charge in [0.1, 0.15) is 6.07 Å². The van der Waals surface area contributed by atoms with Crippen LogP contribution < -0.4 is 10.6 Å². The lowest BCUT2D eigenvalue weighted by atomic mass is 9.76. The highest BCUT2D eigenvalue weighted by molar-refractivity contribution is 9.10. The van der Waals surface area contributed by atoms with Crippen molar-refractivity contribution in [2.24, 2.45) is 5.41 Å². The number of rotatable bonds is 4. The first-order valence-electron chi connectivity index (χ1n) is 7.33. The standard InChI is InChI=1S/C16H20BrN3O/c1-2-6-16(7-3-8-19-11-16)15(21)20-14-9-13(17)5-4-12(14)10-18/h4-5,9,19H,2-3,6-8,11H2,1H3,(H,20,21). The summed E-state index contributed by atoms with van der Waals surface area (Å²) < 4.78 is 0.850. The third-order valence-electron chi connectivity index (χ3n) is 4.03. The highest BCUT2D eigenvalue weighted by Crippen LogP contribution is 2.34. The molecular weight excluding hydrogens is 330 g/mol. The van der Waals surface area contributed by atoms with Gasteiger partial charge in [-0.1, -0.05) is 29.3 Å². The molecule has 1 aliphatic rings. The zero-order valence-corrected chi connectivity index (χ0v) is 13.8. The summed E-state index contributed by atoms with van der Waals surface area (Å²) in [6.07, 6.45) is 3.74. The lowest BCUT2D eigenvalue weighted by Gasteiger charge is -2.36. The Morgan fingerprint density at radius 1 is 1.57 bits per heavy atom. The number of hydrogen-bond donors (Lipinski definition) is 2. The monoisotopic (exact) mass is 349 g/mol. The van der Waals surface area contributed by atoms with Gasteiger partial charge in [-0.05, 0) is 44.0 Å². The van der Waals surface area contributed by atoms with Crippen LogP contribution in [0.15, 0.2) is 22.7 Å². The molecule has 0 saturated carbocycles. The molecule has 1 heterocycles. The Balaban J connectivity index is 2.23. The van der Waals surface area contributed by atoms with Crippen molar-refractivity contribution in [1.82, 2.24) is 5.32 Å². The topological polar surface area (TPSA) is 64.9 Å². The summed E-state index contributed by atoms with van der Waals surface area (Å²) in [5, 5.41) is 15.5. The Bertz CT molecular complexity index is 554. The maximum Gasteiger partial charge on any atom is 0.231 e. The van der Waals surface area contributed by atoms with Crippen LogP contribution in [-0.2, 0) is 4.79 Å². The number of carbonyl (C=O) groups excluding carboxylic acids is 1. The summed E-state index contributed by atoms with van der Waals surface area (Å²) in [6.45, 7) is 3.78. The van der Waals surface area contributed by atoms with Crippen molar-refractivity contribution < 1.29 is 4.79 Å². The molecule has 112 valence electrons. The summed E-state index contributed by atoms with van der Waals surface area (Å²) in [6, 6.07) is 7.43. The normalized spacial score (nSPS) is 21.6. The molecule has 0 spiro atoms. The Labute approximate surface area is 134 Å². The number of benzene rings is 1. The molecule has 1 fully saturated rings. The van der Waals surface area contributed by atoms with E-state index in [0.717, 1.165) is 36.7 Å². The molecule has 4 nitrogen and oxygen atoms in total. The zero-order chi connectivity index (χ0) is 15.3. The van der Waals surface area contributed by atoms with Crippen molar-refractivity contribution in [1.29, 1.82) is 5.26 Å². The Hall–Kier alpha value is -1.38. The first-order valence-corrected chi connectivity index (χ1v) is 8.12. The number of nitrogens with zero attached hydrogens (tertiary/aromatic N) is 1. The van der Waals surface area contributed by atoms with Crippen molar-refractivity contribution in [2.75, 3.05) is 18.4 Å². The summed E-state index contributed by atoms with van der Waals surface area (Å²) in [7, 11) is 0. The highest BCUT2D eigenvalue weighted by Gasteiger charge is 2.38. The Morgan fingerprint density at radius 2 is 2.38 bits per heavy atom. The van der Waals surface area contributed by atoms with E-state index in [1.165, 1.54) is 0 Å². The molecule has 1 saturated heterocycles. The molecule has 0 aliphatic carbocycles. The van der Waals surface area contributed by atoms with E-state index in [2.05, 4.69) is 39.6 Å². The second-order valence-electron chi connectivity index (χ2n) is 5.57. The molecule has 0 bridgehead atoms. The van der Waals surface area contributed by atoms with Crippen molar-refractivity contribution in [3.05, 3.63) is 28.2 Å². The summed E-state index contributed by atoms with van der Waals surface area (Å²) in [4.78, 5) is 12.8. The van der Waals surface area contributed by atoms with Gasteiger partial charge in [0.15, 0.2) is 0 Å². The lowest BCUT2D eigenvalue weighted by Crippen LogP contribution is -2.48. The van der Waals surface area contributed by atoms with E-state index in [4.69, 9.17) is 0 Å². The van der Waals surface area contributed by atoms with E-state index in [0.29, 0.717) is 17.8 Å². The van der Waals surface area contributed by atoms with Crippen LogP contribution >= 0.6 is 15.9 Å². The smallest absolute Gasteiger partial charge is 0.231 e. The Kier molecular flexibility index (Phi) is 5.38. The second-order valence-corrected chi connectivity index (χ2v) is 6.48. The van der Waals surface area contributed by atoms with Crippen molar-refractivity contribution in [2.45, 2.75) is 32.6 Å². The van der Waals surface area contributed by atoms with E-state index >= 15 is 0 Å². The third-order valence-corrected chi connectivity index (χ3v) is 4.53. The first-order chi connectivity index (χ1) is 10.1. The average molecular weight is 350 g/mol. The molecule has 2 rings (SSSR count). The maximum atomic E-state index is 12.8. The van der Waals surface area contributed by atoms with Crippen LogP contribution in [0.4, 0.5) is 5.69 Å². The fourth-order valence-electron chi connectivity index (χ4n) is 2.94. The highest BCUT2D eigenvalue weighted by atomic mass is 79.9. The minimum absolute atomic E-state index is 0.0196. The van der Waals surface area contributed by atoms with E-state index in [1.807, 2.05) is 0 Å². The minimum atomic E-state index is -0.359. The second kappa shape index (κ2) is 7.06. The predicted octanol–water partition coefficient (Wildman–Crippen LogP) is 3.43. The van der Waals surface area contributed by atoms with Gasteiger partial charge in [-0.25, -0.2) is 0 Å². The predicted molar refractivity (Wildman–Crippen MR) is 86.9 cm³/mol. The molecule has 0 radical (unpaired) electrons. The average Bonchev–Trinajstić information content (AvgIpc) is 2.49. The number of halogens is 1. The van der Waals surface area contributed by atoms with E-state index in [-0.39, 0.29) is 11.3 Å². The van der Waals surface area contributed by atoms with Gasteiger partial charge in [0.25, 0.3) is 0 Å². The van der Waals surface area contributed by atoms with Crippen LogP contribution in [0.3, 0.4) is 0 Å². The molecule has 1 unspecified atom stereocenters. The SMILES string of the molecule is CCCC1(C(=O)Nc2cc(Br)ccc2C#N)CCCNC1. The van der Waals surface area contributed by atoms with Crippen molar-refractivity contribution >= 4 is 27.5 Å². The molecule has 1 aromatic rings. The largest absolute Gasteiger partial charge is 0.324 e. The minimum Gasteiger partial charge on any atom is -0.324 e. The number of hydrogen-bond acceptors (Lipinski definition) is 3. The molecule has 0 aromatic heterocycles. The third kappa shape index (κ3) is 3.63. The first kappa shape index (κ1) is 16.0. The summed E-state index contributed by atoms with van der Waals surface area (Å²) >= 11 is 3.38. The van der Waals surface area contributed by atoms with Crippen LogP contribution in [0, 0.1) is 16.7 Å². The van der Waals surface area contributed by atoms with Gasteiger partial charge in [0.05, 0.1) is 16.7 Å². The summed E-state index contributed by atoms with van der Waals surface area (Å²) in [5.41, 5.74) is 0.710. The van der Waals surface area contributed by atoms with Gasteiger partial charge in [0.2, 0.25) is 5.91 Å². The van der Waals surface area contributed by atoms with Gasteiger partial charge in [0, 0.05) is 11.0 Å². The van der Waals surface area contributed by atoms with Crippen molar-refractivity contribution in [3.8, 4) is 6.07 Å².